The average molecular weight is 1080 g/mol. The fraction of sp³-hybridized carbons (Fsp3) is 0.711. The second-order valence-corrected chi connectivity index (χ2v) is 17.4. The highest BCUT2D eigenvalue weighted by atomic mass is 127. The number of alkyl halides is 1. The molecule has 2 unspecified atom stereocenters. The summed E-state index contributed by atoms with van der Waals surface area (Å²) in [7, 11) is 0. The van der Waals surface area contributed by atoms with E-state index in [-0.39, 0.29) is 92.3 Å². The number of carbonyl (C=O) groups is 7. The van der Waals surface area contributed by atoms with E-state index in [1.165, 1.54) is 4.90 Å². The van der Waals surface area contributed by atoms with E-state index in [0.717, 1.165) is 5.56 Å². The van der Waals surface area contributed by atoms with Gasteiger partial charge < -0.3 is 69.6 Å². The Hall–Kier alpha value is -4.08. The molecule has 0 bridgehead atoms. The van der Waals surface area contributed by atoms with Gasteiger partial charge in [0, 0.05) is 25.1 Å². The van der Waals surface area contributed by atoms with Crippen molar-refractivity contribution in [3.63, 3.8) is 0 Å². The Morgan fingerprint density at radius 2 is 1.18 bits per heavy atom. The number of benzene rings is 1. The SMILES string of the molecule is CC(C)C(=O)OCc1ccc(NC(=O)C(CCCNC(N)=O)NC(=O)[C@@H](NC(=O)CCOCCOCCOCCOCCOCCOCCOCCOCCN2C(=O)CC(I)C2=O)C(C)C)cc1. The van der Waals surface area contributed by atoms with Crippen LogP contribution < -0.4 is 27.0 Å². The van der Waals surface area contributed by atoms with Crippen LogP contribution in [0, 0.1) is 11.8 Å². The lowest BCUT2D eigenvalue weighted by Gasteiger charge is -2.25. The summed E-state index contributed by atoms with van der Waals surface area (Å²) < 4.78 is 48.8. The van der Waals surface area contributed by atoms with Crippen molar-refractivity contribution in [3.8, 4) is 0 Å². The number of nitrogens with two attached hydrogens (primary N) is 1. The third-order valence-corrected chi connectivity index (χ3v) is 10.6. The number of halogens is 1. The van der Waals surface area contributed by atoms with E-state index >= 15 is 0 Å². The first-order chi connectivity index (χ1) is 32.7. The van der Waals surface area contributed by atoms with Crippen molar-refractivity contribution in [1.29, 1.82) is 0 Å². The number of amides is 7. The molecule has 386 valence electrons. The van der Waals surface area contributed by atoms with Crippen LogP contribution in [0.3, 0.4) is 0 Å². The Kier molecular flexibility index (Phi) is 32.5. The number of rotatable bonds is 40. The van der Waals surface area contributed by atoms with Crippen molar-refractivity contribution in [1.82, 2.24) is 20.9 Å². The molecule has 22 nitrogen and oxygen atoms in total. The summed E-state index contributed by atoms with van der Waals surface area (Å²) >= 11 is 1.98. The molecule has 1 fully saturated rings. The van der Waals surface area contributed by atoms with Gasteiger partial charge in [-0.1, -0.05) is 62.4 Å². The zero-order chi connectivity index (χ0) is 49.9. The summed E-state index contributed by atoms with van der Waals surface area (Å²) in [4.78, 5) is 87.4. The highest BCUT2D eigenvalue weighted by Gasteiger charge is 2.36. The summed E-state index contributed by atoms with van der Waals surface area (Å²) in [6.45, 7) is 13.3. The summed E-state index contributed by atoms with van der Waals surface area (Å²) in [6, 6.07) is 4.08. The fourth-order valence-corrected chi connectivity index (χ4v) is 6.62. The molecule has 1 aromatic carbocycles. The lowest BCUT2D eigenvalue weighted by atomic mass is 10.0. The minimum atomic E-state index is -1.00. The molecule has 1 saturated heterocycles. The van der Waals surface area contributed by atoms with Crippen LogP contribution in [0.25, 0.3) is 0 Å². The highest BCUT2D eigenvalue weighted by Crippen LogP contribution is 2.20. The van der Waals surface area contributed by atoms with E-state index in [2.05, 4.69) is 21.3 Å². The molecule has 0 spiro atoms. The first-order valence-electron chi connectivity index (χ1n) is 23.0. The van der Waals surface area contributed by atoms with Gasteiger partial charge in [0.15, 0.2) is 0 Å². The molecule has 6 N–H and O–H groups in total. The summed E-state index contributed by atoms with van der Waals surface area (Å²) in [5, 5.41) is 10.7. The van der Waals surface area contributed by atoms with Gasteiger partial charge in [0.25, 0.3) is 0 Å². The van der Waals surface area contributed by atoms with Crippen molar-refractivity contribution in [2.45, 2.75) is 76.0 Å². The highest BCUT2D eigenvalue weighted by molar-refractivity contribution is 14.1. The topological polar surface area (TPSA) is 280 Å². The van der Waals surface area contributed by atoms with Crippen LogP contribution in [-0.2, 0) is 78.0 Å². The predicted molar refractivity (Wildman–Crippen MR) is 256 cm³/mol. The maximum absolute atomic E-state index is 13.4. The Morgan fingerprint density at radius 1 is 0.691 bits per heavy atom. The number of carbonyl (C=O) groups excluding carboxylic acids is 7. The van der Waals surface area contributed by atoms with Crippen LogP contribution in [-0.4, -0.2) is 181 Å². The maximum atomic E-state index is 13.4. The minimum Gasteiger partial charge on any atom is -0.461 e. The van der Waals surface area contributed by atoms with Crippen LogP contribution in [0.15, 0.2) is 24.3 Å². The molecule has 0 radical (unpaired) electrons. The molecule has 0 aromatic heterocycles. The molecule has 1 aromatic rings. The molecule has 3 atom stereocenters. The van der Waals surface area contributed by atoms with Gasteiger partial charge in [-0.05, 0) is 36.5 Å². The van der Waals surface area contributed by atoms with Gasteiger partial charge in [-0.3, -0.25) is 33.7 Å². The maximum Gasteiger partial charge on any atom is 0.312 e. The quantitative estimate of drug-likeness (QED) is 0.0205. The number of esters is 1. The number of hydrogen-bond acceptors (Lipinski definition) is 16. The number of likely N-dealkylation sites (tertiary alicyclic amines) is 1. The second kappa shape index (κ2) is 36.8. The Morgan fingerprint density at radius 3 is 1.62 bits per heavy atom. The van der Waals surface area contributed by atoms with E-state index in [4.69, 9.17) is 48.4 Å². The normalized spacial score (nSPS) is 14.6. The van der Waals surface area contributed by atoms with Gasteiger partial charge in [-0.25, -0.2) is 4.79 Å². The smallest absolute Gasteiger partial charge is 0.312 e. The molecule has 68 heavy (non-hydrogen) atoms. The standard InChI is InChI=1S/C45H73IN6O16/c1-32(2)40(42(56)50-37(6-5-12-48-45(47)59)41(55)49-35-9-7-34(8-10-35)31-68-44(58)33(3)4)51-38(53)11-14-60-16-18-62-20-22-64-24-26-66-28-29-67-27-25-65-23-21-63-19-17-61-15-13-52-39(54)30-36(46)43(52)57/h7-10,32-33,36-37,40H,5-6,11-31H2,1-4H3,(H,49,55)(H,50,56)(H,51,53)(H3,47,48,59)/t36?,37?,40-/m0/s1. The first-order valence-corrected chi connectivity index (χ1v) is 24.2. The van der Waals surface area contributed by atoms with Gasteiger partial charge in [0.1, 0.15) is 18.7 Å². The van der Waals surface area contributed by atoms with Crippen LogP contribution in [0.1, 0.15) is 58.9 Å². The number of anilines is 1. The predicted octanol–water partition coefficient (Wildman–Crippen LogP) is 1.48. The number of imide groups is 1. The van der Waals surface area contributed by atoms with E-state index in [1.54, 1.807) is 52.0 Å². The minimum absolute atomic E-state index is 0.00107. The van der Waals surface area contributed by atoms with Gasteiger partial charge in [0.05, 0.1) is 122 Å². The lowest BCUT2D eigenvalue weighted by Crippen LogP contribution is -2.54. The van der Waals surface area contributed by atoms with E-state index < -0.39 is 35.8 Å². The van der Waals surface area contributed by atoms with E-state index in [9.17, 15) is 33.6 Å². The number of hydrogen-bond donors (Lipinski definition) is 5. The van der Waals surface area contributed by atoms with Gasteiger partial charge in [-0.2, -0.15) is 0 Å². The molecule has 1 heterocycles. The van der Waals surface area contributed by atoms with Crippen molar-refractivity contribution < 1.29 is 76.2 Å². The monoisotopic (exact) mass is 1080 g/mol. The van der Waals surface area contributed by atoms with Crippen molar-refractivity contribution >= 4 is 69.8 Å². The van der Waals surface area contributed by atoms with Gasteiger partial charge >= 0.3 is 12.0 Å². The zero-order valence-corrected chi connectivity index (χ0v) is 42.1. The zero-order valence-electron chi connectivity index (χ0n) is 39.9. The van der Waals surface area contributed by atoms with Crippen LogP contribution >= 0.6 is 22.6 Å². The number of urea groups is 1. The van der Waals surface area contributed by atoms with Gasteiger partial charge in [-0.15, -0.1) is 0 Å². The average Bonchev–Trinajstić information content (AvgIpc) is 3.54. The third kappa shape index (κ3) is 27.8. The summed E-state index contributed by atoms with van der Waals surface area (Å²) in [5.41, 5.74) is 6.35. The molecule has 7 amide bonds. The van der Waals surface area contributed by atoms with Crippen molar-refractivity contribution in [3.05, 3.63) is 29.8 Å². The third-order valence-electron chi connectivity index (χ3n) is 9.67. The lowest BCUT2D eigenvalue weighted by molar-refractivity contribution is -0.148. The molecule has 23 heteroatoms. The van der Waals surface area contributed by atoms with Crippen molar-refractivity contribution in [2.24, 2.45) is 17.6 Å². The fourth-order valence-electron chi connectivity index (χ4n) is 5.90. The Balaban J connectivity index is 1.48. The molecule has 1 aliphatic heterocycles. The largest absolute Gasteiger partial charge is 0.461 e. The summed E-state index contributed by atoms with van der Waals surface area (Å²) in [5.74, 6) is -2.65. The molecular weight excluding hydrogens is 1010 g/mol. The van der Waals surface area contributed by atoms with Gasteiger partial charge in [0.2, 0.25) is 29.5 Å². The van der Waals surface area contributed by atoms with E-state index in [0.29, 0.717) is 98.0 Å². The molecule has 2 rings (SSSR count). The molecule has 0 saturated carbocycles. The van der Waals surface area contributed by atoms with Crippen LogP contribution in [0.5, 0.6) is 0 Å². The Labute approximate surface area is 412 Å². The van der Waals surface area contributed by atoms with E-state index in [1.807, 2.05) is 22.6 Å². The Bertz CT molecular complexity index is 1640. The number of ether oxygens (including phenoxy) is 9. The summed E-state index contributed by atoms with van der Waals surface area (Å²) in [6.07, 6.45) is 0.751. The number of primary amides is 1. The number of nitrogens with one attached hydrogen (secondary N) is 4. The van der Waals surface area contributed by atoms with Crippen molar-refractivity contribution in [2.75, 3.05) is 124 Å². The van der Waals surface area contributed by atoms with Crippen LogP contribution in [0.4, 0.5) is 10.5 Å². The number of nitrogens with zero attached hydrogens (tertiary/aromatic N) is 1. The van der Waals surface area contributed by atoms with Crippen LogP contribution in [0.2, 0.25) is 0 Å². The molecule has 1 aliphatic rings. The second-order valence-electron chi connectivity index (χ2n) is 15.9. The molecular formula is C45H73IN6O16. The first kappa shape index (κ1) is 60.0. The molecule has 0 aliphatic carbocycles.